The molecule has 0 heterocycles. The van der Waals surface area contributed by atoms with Crippen LogP contribution in [-0.4, -0.2) is 11.2 Å². The Hall–Kier alpha value is -1.23. The number of anilines is 1. The molecule has 70 valence electrons. The van der Waals surface area contributed by atoms with Crippen LogP contribution in [0.1, 0.15) is 5.56 Å². The highest BCUT2D eigenvalue weighted by atomic mass is 32.2. The number of hydrogen-bond donors (Lipinski definition) is 1. The second-order valence-corrected chi connectivity index (χ2v) is 3.44. The molecule has 0 amide bonds. The van der Waals surface area contributed by atoms with Crippen molar-refractivity contribution in [2.75, 3.05) is 12.0 Å². The van der Waals surface area contributed by atoms with E-state index < -0.39 is 4.92 Å². The smallest absolute Gasteiger partial charge is 0.269 e. The highest BCUT2D eigenvalue weighted by molar-refractivity contribution is 7.97. The van der Waals surface area contributed by atoms with Gasteiger partial charge < -0.3 is 5.73 Å². The minimum absolute atomic E-state index is 0.0956. The molecule has 0 saturated carbocycles. The molecule has 4 nitrogen and oxygen atoms in total. The third-order valence-corrected chi connectivity index (χ3v) is 2.24. The van der Waals surface area contributed by atoms with Crippen molar-refractivity contribution in [3.63, 3.8) is 0 Å². The molecule has 2 N–H and O–H groups in total. The van der Waals surface area contributed by atoms with Crippen LogP contribution in [0.15, 0.2) is 18.2 Å². The molecule has 0 spiro atoms. The van der Waals surface area contributed by atoms with Gasteiger partial charge in [-0.25, -0.2) is 0 Å². The van der Waals surface area contributed by atoms with Crippen molar-refractivity contribution < 1.29 is 4.92 Å². The van der Waals surface area contributed by atoms with Crippen LogP contribution in [0.4, 0.5) is 11.4 Å². The summed E-state index contributed by atoms with van der Waals surface area (Å²) in [5, 5.41) is 10.4. The van der Waals surface area contributed by atoms with E-state index in [4.69, 9.17) is 5.73 Å². The molecule has 0 aromatic heterocycles. The van der Waals surface area contributed by atoms with Gasteiger partial charge in [-0.3, -0.25) is 10.1 Å². The van der Waals surface area contributed by atoms with E-state index in [2.05, 4.69) is 0 Å². The van der Waals surface area contributed by atoms with Crippen molar-refractivity contribution in [2.24, 2.45) is 0 Å². The summed E-state index contributed by atoms with van der Waals surface area (Å²) in [5.41, 5.74) is 7.17. The van der Waals surface area contributed by atoms with Gasteiger partial charge >= 0.3 is 0 Å². The lowest BCUT2D eigenvalue weighted by Gasteiger charge is -2.02. The molecule has 0 aliphatic heterocycles. The number of thioether (sulfide) groups is 1. The lowest BCUT2D eigenvalue weighted by atomic mass is 10.2. The molecule has 0 bridgehead atoms. The first-order valence-electron chi connectivity index (χ1n) is 3.67. The number of hydrogen-bond acceptors (Lipinski definition) is 4. The largest absolute Gasteiger partial charge is 0.398 e. The van der Waals surface area contributed by atoms with Gasteiger partial charge in [0.15, 0.2) is 0 Å². The summed E-state index contributed by atoms with van der Waals surface area (Å²) in [4.78, 5) is 10.0. The Bertz CT molecular complexity index is 328. The van der Waals surface area contributed by atoms with Crippen LogP contribution >= 0.6 is 11.8 Å². The number of rotatable bonds is 3. The molecule has 1 aromatic carbocycles. The van der Waals surface area contributed by atoms with Crippen molar-refractivity contribution in [1.82, 2.24) is 0 Å². The molecule has 0 aliphatic carbocycles. The van der Waals surface area contributed by atoms with Gasteiger partial charge in [0.2, 0.25) is 0 Å². The van der Waals surface area contributed by atoms with Gasteiger partial charge in [0.05, 0.1) is 4.92 Å². The molecule has 1 rings (SSSR count). The molecule has 5 heteroatoms. The first-order valence-corrected chi connectivity index (χ1v) is 5.06. The molecule has 13 heavy (non-hydrogen) atoms. The Morgan fingerprint density at radius 3 is 2.85 bits per heavy atom. The van der Waals surface area contributed by atoms with Gasteiger partial charge in [0.25, 0.3) is 5.69 Å². The van der Waals surface area contributed by atoms with Crippen molar-refractivity contribution in [3.8, 4) is 0 Å². The minimum atomic E-state index is -0.413. The van der Waals surface area contributed by atoms with Gasteiger partial charge in [0.1, 0.15) is 0 Å². The molecular weight excluding hydrogens is 188 g/mol. The van der Waals surface area contributed by atoms with E-state index in [1.54, 1.807) is 17.8 Å². The Morgan fingerprint density at radius 2 is 2.31 bits per heavy atom. The topological polar surface area (TPSA) is 69.2 Å². The summed E-state index contributed by atoms with van der Waals surface area (Å²) in [6.07, 6.45) is 1.93. The zero-order valence-electron chi connectivity index (χ0n) is 7.19. The maximum Gasteiger partial charge on any atom is 0.269 e. The maximum absolute atomic E-state index is 10.4. The Labute approximate surface area is 80.3 Å². The normalized spacial score (nSPS) is 9.92. The number of non-ortho nitro benzene ring substituents is 1. The van der Waals surface area contributed by atoms with Crippen molar-refractivity contribution in [3.05, 3.63) is 33.9 Å². The van der Waals surface area contributed by atoms with E-state index in [9.17, 15) is 10.1 Å². The fourth-order valence-corrected chi connectivity index (χ4v) is 1.55. The number of nitro groups is 1. The van der Waals surface area contributed by atoms with E-state index in [1.165, 1.54) is 12.1 Å². The number of nitrogen functional groups attached to an aromatic ring is 1. The first-order chi connectivity index (χ1) is 6.15. The van der Waals surface area contributed by atoms with Gasteiger partial charge in [0, 0.05) is 23.6 Å². The fraction of sp³-hybridized carbons (Fsp3) is 0.250. The highest BCUT2D eigenvalue weighted by Crippen LogP contribution is 2.22. The molecule has 0 radical (unpaired) electrons. The molecule has 0 saturated heterocycles. The SMILES string of the molecule is CSCc1cc([N+](=O)[O-])ccc1N. The number of benzene rings is 1. The van der Waals surface area contributed by atoms with Crippen LogP contribution in [0.5, 0.6) is 0 Å². The third kappa shape index (κ3) is 2.35. The predicted octanol–water partition coefficient (Wildman–Crippen LogP) is 2.04. The molecule has 0 aliphatic rings. The van der Waals surface area contributed by atoms with Crippen molar-refractivity contribution in [1.29, 1.82) is 0 Å². The van der Waals surface area contributed by atoms with Gasteiger partial charge in [-0.05, 0) is 17.9 Å². The Morgan fingerprint density at radius 1 is 1.62 bits per heavy atom. The predicted molar refractivity (Wildman–Crippen MR) is 54.7 cm³/mol. The van der Waals surface area contributed by atoms with E-state index in [0.717, 1.165) is 5.56 Å². The van der Waals surface area contributed by atoms with Crippen LogP contribution in [0, 0.1) is 10.1 Å². The molecule has 0 unspecified atom stereocenters. The highest BCUT2D eigenvalue weighted by Gasteiger charge is 2.07. The Balaban J connectivity index is 3.03. The molecule has 0 fully saturated rings. The third-order valence-electron chi connectivity index (χ3n) is 1.64. The van der Waals surface area contributed by atoms with E-state index in [1.807, 2.05) is 6.26 Å². The average Bonchev–Trinajstić information content (AvgIpc) is 2.08. The summed E-state index contributed by atoms with van der Waals surface area (Å²) in [6, 6.07) is 4.51. The average molecular weight is 198 g/mol. The fourth-order valence-electron chi connectivity index (χ4n) is 0.986. The summed E-state index contributed by atoms with van der Waals surface area (Å²) < 4.78 is 0. The van der Waals surface area contributed by atoms with Crippen LogP contribution in [0.3, 0.4) is 0 Å². The molecule has 1 aromatic rings. The zero-order chi connectivity index (χ0) is 9.84. The lowest BCUT2D eigenvalue weighted by molar-refractivity contribution is -0.384. The Kier molecular flexibility index (Phi) is 3.13. The second kappa shape index (κ2) is 4.13. The lowest BCUT2D eigenvalue weighted by Crippen LogP contribution is -1.95. The van der Waals surface area contributed by atoms with Crippen LogP contribution in [-0.2, 0) is 5.75 Å². The molecular formula is C8H10N2O2S. The number of nitrogens with two attached hydrogens (primary N) is 1. The van der Waals surface area contributed by atoms with Crippen molar-refractivity contribution in [2.45, 2.75) is 5.75 Å². The zero-order valence-corrected chi connectivity index (χ0v) is 8.00. The van der Waals surface area contributed by atoms with E-state index >= 15 is 0 Å². The monoisotopic (exact) mass is 198 g/mol. The van der Waals surface area contributed by atoms with Gasteiger partial charge in [-0.15, -0.1) is 0 Å². The number of nitro benzene ring substituents is 1. The second-order valence-electron chi connectivity index (χ2n) is 2.57. The number of nitrogens with zero attached hydrogens (tertiary/aromatic N) is 1. The van der Waals surface area contributed by atoms with Crippen LogP contribution < -0.4 is 5.73 Å². The van der Waals surface area contributed by atoms with Crippen LogP contribution in [0.25, 0.3) is 0 Å². The summed E-state index contributed by atoms with van der Waals surface area (Å²) in [7, 11) is 0. The minimum Gasteiger partial charge on any atom is -0.398 e. The van der Waals surface area contributed by atoms with Gasteiger partial charge in [-0.2, -0.15) is 11.8 Å². The van der Waals surface area contributed by atoms with E-state index in [0.29, 0.717) is 11.4 Å². The van der Waals surface area contributed by atoms with Crippen molar-refractivity contribution >= 4 is 23.1 Å². The van der Waals surface area contributed by atoms with Gasteiger partial charge in [-0.1, -0.05) is 0 Å². The van der Waals surface area contributed by atoms with E-state index in [-0.39, 0.29) is 5.69 Å². The standard InChI is InChI=1S/C8H10N2O2S/c1-13-5-6-4-7(10(11)12)2-3-8(6)9/h2-4H,5,9H2,1H3. The van der Waals surface area contributed by atoms with Crippen LogP contribution in [0.2, 0.25) is 0 Å². The first kappa shape index (κ1) is 9.85. The molecule has 0 atom stereocenters. The quantitative estimate of drug-likeness (QED) is 0.458. The summed E-state index contributed by atoms with van der Waals surface area (Å²) in [6.45, 7) is 0. The maximum atomic E-state index is 10.4. The summed E-state index contributed by atoms with van der Waals surface area (Å²) in [5.74, 6) is 0.702. The summed E-state index contributed by atoms with van der Waals surface area (Å²) >= 11 is 1.59.